The number of fused-ring (bicyclic) bond motifs is 7. The molecular formula is C24H33N3O6S3. The van der Waals surface area contributed by atoms with Crippen molar-refractivity contribution in [3.63, 3.8) is 0 Å². The summed E-state index contributed by atoms with van der Waals surface area (Å²) in [6.45, 7) is 3.66. The predicted octanol–water partition coefficient (Wildman–Crippen LogP) is 1.81. The highest BCUT2D eigenvalue weighted by atomic mass is 33.1. The SMILES string of the molecule is CC(C)[C@H]1NC(=O)[C@@H]2CSSCC/C=C/[C@H](CC(=O)N[C@H](Cc3ccsc3)C(=O)N2)OC(=O)C[C@@H]1O. The Morgan fingerprint density at radius 1 is 1.08 bits per heavy atom. The van der Waals surface area contributed by atoms with Crippen molar-refractivity contribution in [3.8, 4) is 0 Å². The molecule has 4 N–H and O–H groups in total. The Bertz CT molecular complexity index is 940. The van der Waals surface area contributed by atoms with Crippen LogP contribution >= 0.6 is 32.9 Å². The summed E-state index contributed by atoms with van der Waals surface area (Å²) in [7, 11) is 3.03. The number of ether oxygens (including phenoxy) is 1. The summed E-state index contributed by atoms with van der Waals surface area (Å²) in [5, 5.41) is 23.0. The Balaban J connectivity index is 1.98. The van der Waals surface area contributed by atoms with Crippen LogP contribution in [0, 0.1) is 5.92 Å². The number of hydrogen-bond donors (Lipinski definition) is 4. The Labute approximate surface area is 223 Å². The van der Waals surface area contributed by atoms with Gasteiger partial charge in [0, 0.05) is 17.9 Å². The Kier molecular flexibility index (Phi) is 11.1. The molecule has 3 amide bonds. The van der Waals surface area contributed by atoms with E-state index in [-0.39, 0.29) is 25.2 Å². The number of carbonyl (C=O) groups is 4. The molecule has 0 radical (unpaired) electrons. The molecule has 198 valence electrons. The van der Waals surface area contributed by atoms with Gasteiger partial charge in [-0.3, -0.25) is 19.2 Å². The van der Waals surface area contributed by atoms with Crippen molar-refractivity contribution in [2.24, 2.45) is 5.92 Å². The van der Waals surface area contributed by atoms with Crippen molar-refractivity contribution in [1.82, 2.24) is 16.0 Å². The Morgan fingerprint density at radius 2 is 1.89 bits per heavy atom. The zero-order valence-electron chi connectivity index (χ0n) is 20.3. The van der Waals surface area contributed by atoms with Crippen LogP contribution in [-0.4, -0.2) is 70.6 Å². The Morgan fingerprint density at radius 3 is 2.61 bits per heavy atom. The van der Waals surface area contributed by atoms with E-state index < -0.39 is 54.0 Å². The van der Waals surface area contributed by atoms with Crippen LogP contribution in [0.15, 0.2) is 29.0 Å². The molecular weight excluding hydrogens is 522 g/mol. The lowest BCUT2D eigenvalue weighted by Gasteiger charge is -2.29. The van der Waals surface area contributed by atoms with Gasteiger partial charge in [-0.2, -0.15) is 11.3 Å². The van der Waals surface area contributed by atoms with Crippen LogP contribution in [0.25, 0.3) is 0 Å². The third kappa shape index (κ3) is 8.82. The molecule has 2 aliphatic rings. The molecule has 0 unspecified atom stereocenters. The van der Waals surface area contributed by atoms with E-state index in [0.717, 1.165) is 11.3 Å². The van der Waals surface area contributed by atoms with Gasteiger partial charge in [0.2, 0.25) is 17.7 Å². The van der Waals surface area contributed by atoms with E-state index in [0.29, 0.717) is 12.2 Å². The zero-order chi connectivity index (χ0) is 26.1. The van der Waals surface area contributed by atoms with Gasteiger partial charge in [0.1, 0.15) is 18.2 Å². The second-order valence-electron chi connectivity index (χ2n) is 9.12. The third-order valence-electron chi connectivity index (χ3n) is 5.83. The number of aliphatic hydroxyl groups is 1. The molecule has 1 saturated heterocycles. The van der Waals surface area contributed by atoms with Crippen molar-refractivity contribution >= 4 is 56.6 Å². The number of thiophene rings is 1. The van der Waals surface area contributed by atoms with E-state index in [4.69, 9.17) is 4.74 Å². The maximum absolute atomic E-state index is 13.3. The van der Waals surface area contributed by atoms with Crippen LogP contribution in [0.1, 0.15) is 38.7 Å². The van der Waals surface area contributed by atoms with Gasteiger partial charge in [-0.25, -0.2) is 0 Å². The van der Waals surface area contributed by atoms with Gasteiger partial charge in [0.15, 0.2) is 0 Å². The van der Waals surface area contributed by atoms with Gasteiger partial charge in [-0.1, -0.05) is 41.5 Å². The first kappa shape index (κ1) is 28.5. The van der Waals surface area contributed by atoms with Crippen LogP contribution in [0.2, 0.25) is 0 Å². The largest absolute Gasteiger partial charge is 0.457 e. The second kappa shape index (κ2) is 14.1. The number of amides is 3. The first-order valence-electron chi connectivity index (χ1n) is 11.9. The molecule has 1 fully saturated rings. The molecule has 12 heteroatoms. The van der Waals surface area contributed by atoms with Crippen molar-refractivity contribution < 1.29 is 29.0 Å². The summed E-state index contributed by atoms with van der Waals surface area (Å²) >= 11 is 1.48. The van der Waals surface area contributed by atoms with Crippen molar-refractivity contribution in [3.05, 3.63) is 34.5 Å². The fourth-order valence-corrected chi connectivity index (χ4v) is 6.76. The molecule has 2 bridgehead atoms. The average Bonchev–Trinajstić information content (AvgIpc) is 3.31. The van der Waals surface area contributed by atoms with Crippen LogP contribution in [0.4, 0.5) is 0 Å². The molecule has 36 heavy (non-hydrogen) atoms. The van der Waals surface area contributed by atoms with Crippen LogP contribution in [0.3, 0.4) is 0 Å². The van der Waals surface area contributed by atoms with Gasteiger partial charge >= 0.3 is 5.97 Å². The summed E-state index contributed by atoms with van der Waals surface area (Å²) < 4.78 is 5.54. The summed E-state index contributed by atoms with van der Waals surface area (Å²) in [4.78, 5) is 52.2. The number of aliphatic hydroxyl groups excluding tert-OH is 1. The van der Waals surface area contributed by atoms with Gasteiger partial charge < -0.3 is 25.8 Å². The number of rotatable bonds is 3. The topological polar surface area (TPSA) is 134 Å². The maximum atomic E-state index is 13.3. The van der Waals surface area contributed by atoms with E-state index in [1.54, 1.807) is 16.9 Å². The summed E-state index contributed by atoms with van der Waals surface area (Å²) in [5.41, 5.74) is 0.882. The fraction of sp³-hybridized carbons (Fsp3) is 0.583. The Hall–Kier alpha value is -2.02. The molecule has 0 aliphatic carbocycles. The molecule has 2 aliphatic heterocycles. The number of carbonyl (C=O) groups excluding carboxylic acids is 4. The van der Waals surface area contributed by atoms with Crippen molar-refractivity contribution in [2.75, 3.05) is 11.5 Å². The molecule has 0 saturated carbocycles. The minimum atomic E-state index is -1.19. The lowest BCUT2D eigenvalue weighted by molar-refractivity contribution is -0.151. The summed E-state index contributed by atoms with van der Waals surface area (Å²) in [5.74, 6) is -1.20. The molecule has 3 heterocycles. The number of esters is 1. The van der Waals surface area contributed by atoms with E-state index in [9.17, 15) is 24.3 Å². The molecule has 1 aromatic rings. The molecule has 9 nitrogen and oxygen atoms in total. The van der Waals surface area contributed by atoms with Gasteiger partial charge in [-0.15, -0.1) is 0 Å². The summed E-state index contributed by atoms with van der Waals surface area (Å²) in [6, 6.07) is -0.658. The van der Waals surface area contributed by atoms with Gasteiger partial charge in [0.25, 0.3) is 0 Å². The third-order valence-corrected chi connectivity index (χ3v) is 9.01. The fourth-order valence-electron chi connectivity index (χ4n) is 3.92. The number of nitrogens with one attached hydrogen (secondary N) is 3. The normalized spacial score (nSPS) is 30.2. The summed E-state index contributed by atoms with van der Waals surface area (Å²) in [6.07, 6.45) is 1.93. The first-order valence-corrected chi connectivity index (χ1v) is 15.4. The van der Waals surface area contributed by atoms with E-state index in [1.165, 1.54) is 22.1 Å². The molecule has 1 aromatic heterocycles. The second-order valence-corrected chi connectivity index (χ2v) is 12.5. The molecule has 5 atom stereocenters. The zero-order valence-corrected chi connectivity index (χ0v) is 22.8. The van der Waals surface area contributed by atoms with E-state index in [2.05, 4.69) is 16.0 Å². The lowest BCUT2D eigenvalue weighted by atomic mass is 9.96. The lowest BCUT2D eigenvalue weighted by Crippen LogP contribution is -2.58. The molecule has 3 rings (SSSR count). The van der Waals surface area contributed by atoms with Gasteiger partial charge in [0.05, 0.1) is 25.0 Å². The highest BCUT2D eigenvalue weighted by molar-refractivity contribution is 8.76. The predicted molar refractivity (Wildman–Crippen MR) is 142 cm³/mol. The van der Waals surface area contributed by atoms with Crippen molar-refractivity contribution in [1.29, 1.82) is 0 Å². The highest BCUT2D eigenvalue weighted by Crippen LogP contribution is 2.24. The van der Waals surface area contributed by atoms with E-state index in [1.807, 2.05) is 36.7 Å². The van der Waals surface area contributed by atoms with E-state index >= 15 is 0 Å². The van der Waals surface area contributed by atoms with Crippen LogP contribution in [0.5, 0.6) is 0 Å². The number of hydrogen-bond acceptors (Lipinski definition) is 9. The smallest absolute Gasteiger partial charge is 0.309 e. The number of allylic oxidation sites excluding steroid dienone is 1. The maximum Gasteiger partial charge on any atom is 0.309 e. The highest BCUT2D eigenvalue weighted by Gasteiger charge is 2.33. The van der Waals surface area contributed by atoms with Crippen molar-refractivity contribution in [2.45, 2.75) is 69.9 Å². The van der Waals surface area contributed by atoms with Crippen LogP contribution < -0.4 is 16.0 Å². The van der Waals surface area contributed by atoms with Gasteiger partial charge in [-0.05, 0) is 40.8 Å². The minimum absolute atomic E-state index is 0.165. The van der Waals surface area contributed by atoms with Crippen LogP contribution in [-0.2, 0) is 30.3 Å². The standard InChI is InChI=1S/C24H33N3O6S3/c1-14(2)22-19(28)11-21(30)33-16-5-3-4-7-35-36-13-18(24(32)27-22)26-23(31)17(25-20(29)10-16)9-15-6-8-34-12-15/h3,5-6,8,12,14,16-19,22,28H,4,7,9-11,13H2,1-2H3,(H,25,29)(H,26,31)(H,27,32)/b5-3+/t16-,17-,18+,19+,22-/m1/s1. The monoisotopic (exact) mass is 555 g/mol. The average molecular weight is 556 g/mol. The first-order chi connectivity index (χ1) is 17.2. The molecule has 0 aromatic carbocycles. The minimum Gasteiger partial charge on any atom is -0.457 e. The quantitative estimate of drug-likeness (QED) is 0.252. The molecule has 0 spiro atoms.